The van der Waals surface area contributed by atoms with Gasteiger partial charge in [0.1, 0.15) is 5.56 Å². The summed E-state index contributed by atoms with van der Waals surface area (Å²) in [6.07, 6.45) is -1.48. The lowest BCUT2D eigenvalue weighted by molar-refractivity contribution is -0.139. The van der Waals surface area contributed by atoms with E-state index >= 15 is 0 Å². The van der Waals surface area contributed by atoms with Crippen LogP contribution in [0.25, 0.3) is 0 Å². The number of ether oxygens (including phenoxy) is 1. The standard InChI is InChI=1S/C12H13F3N2O2/c1-17(2)11(18)8-5-16-6-9(19-7-3-4-7)10(8)12(13,14)15/h5-7H,3-4H2,1-2H3. The lowest BCUT2D eigenvalue weighted by Gasteiger charge is -2.18. The summed E-state index contributed by atoms with van der Waals surface area (Å²) >= 11 is 0. The highest BCUT2D eigenvalue weighted by molar-refractivity contribution is 5.95. The third kappa shape index (κ3) is 2.97. The molecule has 1 fully saturated rings. The van der Waals surface area contributed by atoms with Crippen LogP contribution in [0, 0.1) is 0 Å². The maximum Gasteiger partial charge on any atom is 0.420 e. The minimum absolute atomic E-state index is 0.201. The fourth-order valence-corrected chi connectivity index (χ4v) is 1.59. The van der Waals surface area contributed by atoms with Gasteiger partial charge in [-0.1, -0.05) is 0 Å². The summed E-state index contributed by atoms with van der Waals surface area (Å²) < 4.78 is 44.6. The van der Waals surface area contributed by atoms with E-state index in [1.165, 1.54) is 14.1 Å². The molecule has 1 aromatic rings. The number of carbonyl (C=O) groups is 1. The number of hydrogen-bond acceptors (Lipinski definition) is 3. The van der Waals surface area contributed by atoms with Crippen LogP contribution in [-0.2, 0) is 6.18 Å². The molecule has 0 aromatic carbocycles. The van der Waals surface area contributed by atoms with E-state index in [9.17, 15) is 18.0 Å². The molecule has 1 heterocycles. The van der Waals surface area contributed by atoms with Crippen molar-refractivity contribution in [3.63, 3.8) is 0 Å². The minimum atomic E-state index is -4.66. The van der Waals surface area contributed by atoms with Gasteiger partial charge in [0.2, 0.25) is 0 Å². The molecule has 0 bridgehead atoms. The molecular weight excluding hydrogens is 261 g/mol. The summed E-state index contributed by atoms with van der Waals surface area (Å²) in [6.45, 7) is 0. The topological polar surface area (TPSA) is 42.4 Å². The van der Waals surface area contributed by atoms with Crippen molar-refractivity contribution in [1.29, 1.82) is 0 Å². The van der Waals surface area contributed by atoms with Crippen LogP contribution in [0.5, 0.6) is 5.75 Å². The largest absolute Gasteiger partial charge is 0.488 e. The van der Waals surface area contributed by atoms with E-state index in [1.54, 1.807) is 0 Å². The maximum absolute atomic E-state index is 13.1. The van der Waals surface area contributed by atoms with Crippen molar-refractivity contribution in [2.24, 2.45) is 0 Å². The van der Waals surface area contributed by atoms with Gasteiger partial charge in [-0.3, -0.25) is 9.78 Å². The number of halogens is 3. The normalized spacial score (nSPS) is 15.2. The molecule has 2 rings (SSSR count). The number of rotatable bonds is 3. The average molecular weight is 274 g/mol. The lowest BCUT2D eigenvalue weighted by atomic mass is 10.1. The Hall–Kier alpha value is -1.79. The molecule has 0 aliphatic heterocycles. The van der Waals surface area contributed by atoms with E-state index < -0.39 is 23.2 Å². The van der Waals surface area contributed by atoms with Gasteiger partial charge in [0.05, 0.1) is 17.9 Å². The van der Waals surface area contributed by atoms with Crippen LogP contribution in [0.15, 0.2) is 12.4 Å². The number of alkyl halides is 3. The number of carbonyl (C=O) groups excluding carboxylic acids is 1. The molecule has 0 saturated heterocycles. The number of pyridine rings is 1. The summed E-state index contributed by atoms with van der Waals surface area (Å²) in [5, 5.41) is 0. The van der Waals surface area contributed by atoms with Crippen LogP contribution in [0.4, 0.5) is 13.2 Å². The summed E-state index contributed by atoms with van der Waals surface area (Å²) in [5.74, 6) is -1.12. The Morgan fingerprint density at radius 3 is 2.47 bits per heavy atom. The molecule has 1 aliphatic carbocycles. The van der Waals surface area contributed by atoms with Crippen molar-refractivity contribution in [1.82, 2.24) is 9.88 Å². The van der Waals surface area contributed by atoms with E-state index in [4.69, 9.17) is 4.74 Å². The van der Waals surface area contributed by atoms with Gasteiger partial charge in [-0.2, -0.15) is 13.2 Å². The molecule has 1 aromatic heterocycles. The van der Waals surface area contributed by atoms with Gasteiger partial charge in [0.25, 0.3) is 5.91 Å². The Bertz CT molecular complexity index is 496. The average Bonchev–Trinajstić information content (AvgIpc) is 3.10. The van der Waals surface area contributed by atoms with Crippen LogP contribution < -0.4 is 4.74 Å². The zero-order chi connectivity index (χ0) is 14.2. The molecular formula is C12H13F3N2O2. The first kappa shape index (κ1) is 13.6. The van der Waals surface area contributed by atoms with Crippen LogP contribution in [-0.4, -0.2) is 36.0 Å². The summed E-state index contributed by atoms with van der Waals surface area (Å²) in [7, 11) is 2.77. The van der Waals surface area contributed by atoms with Gasteiger partial charge in [-0.15, -0.1) is 0 Å². The first-order chi connectivity index (χ1) is 8.80. The second-order valence-corrected chi connectivity index (χ2v) is 4.57. The van der Waals surface area contributed by atoms with Gasteiger partial charge in [0.15, 0.2) is 5.75 Å². The molecule has 0 atom stereocenters. The highest BCUT2D eigenvalue weighted by Gasteiger charge is 2.41. The summed E-state index contributed by atoms with van der Waals surface area (Å²) in [6, 6.07) is 0. The minimum Gasteiger partial charge on any atom is -0.488 e. The molecule has 7 heteroatoms. The Morgan fingerprint density at radius 2 is 2.00 bits per heavy atom. The van der Waals surface area contributed by atoms with Gasteiger partial charge in [0, 0.05) is 20.3 Å². The van der Waals surface area contributed by atoms with Crippen molar-refractivity contribution >= 4 is 5.91 Å². The first-order valence-corrected chi connectivity index (χ1v) is 5.74. The summed E-state index contributed by atoms with van der Waals surface area (Å²) in [5.41, 5.74) is -1.54. The molecule has 0 unspecified atom stereocenters. The first-order valence-electron chi connectivity index (χ1n) is 5.74. The van der Waals surface area contributed by atoms with E-state index in [0.717, 1.165) is 30.1 Å². The van der Waals surface area contributed by atoms with Crippen molar-refractivity contribution in [2.75, 3.05) is 14.1 Å². The Morgan fingerprint density at radius 1 is 1.37 bits per heavy atom. The predicted molar refractivity (Wildman–Crippen MR) is 60.9 cm³/mol. The molecule has 19 heavy (non-hydrogen) atoms. The maximum atomic E-state index is 13.1. The zero-order valence-corrected chi connectivity index (χ0v) is 10.5. The van der Waals surface area contributed by atoms with Crippen LogP contribution in [0.3, 0.4) is 0 Å². The number of amides is 1. The molecule has 0 radical (unpaired) electrons. The monoisotopic (exact) mass is 274 g/mol. The number of hydrogen-bond donors (Lipinski definition) is 0. The highest BCUT2D eigenvalue weighted by atomic mass is 19.4. The molecule has 0 spiro atoms. The fraction of sp³-hybridized carbons (Fsp3) is 0.500. The van der Waals surface area contributed by atoms with Crippen molar-refractivity contribution in [2.45, 2.75) is 25.1 Å². The van der Waals surface area contributed by atoms with E-state index in [1.807, 2.05) is 0 Å². The molecule has 0 N–H and O–H groups in total. The number of nitrogens with zero attached hydrogens (tertiary/aromatic N) is 2. The van der Waals surface area contributed by atoms with Crippen LogP contribution in [0.1, 0.15) is 28.8 Å². The Balaban J connectivity index is 2.49. The Kier molecular flexibility index (Phi) is 3.38. The zero-order valence-electron chi connectivity index (χ0n) is 10.5. The molecule has 1 amide bonds. The van der Waals surface area contributed by atoms with Crippen molar-refractivity contribution < 1.29 is 22.7 Å². The predicted octanol–water partition coefficient (Wildman–Crippen LogP) is 2.34. The molecule has 1 saturated carbocycles. The van der Waals surface area contributed by atoms with Gasteiger partial charge in [-0.05, 0) is 12.8 Å². The number of aromatic nitrogens is 1. The fourth-order valence-electron chi connectivity index (χ4n) is 1.59. The Labute approximate surface area is 108 Å². The van der Waals surface area contributed by atoms with Gasteiger partial charge in [-0.25, -0.2) is 0 Å². The van der Waals surface area contributed by atoms with Crippen LogP contribution in [0.2, 0.25) is 0 Å². The highest BCUT2D eigenvalue weighted by Crippen LogP contribution is 2.40. The third-order valence-corrected chi connectivity index (χ3v) is 2.65. The SMILES string of the molecule is CN(C)C(=O)c1cncc(OC2CC2)c1C(F)(F)F. The van der Waals surface area contributed by atoms with Gasteiger partial charge < -0.3 is 9.64 Å². The van der Waals surface area contributed by atoms with Gasteiger partial charge >= 0.3 is 6.18 Å². The third-order valence-electron chi connectivity index (χ3n) is 2.65. The van der Waals surface area contributed by atoms with Crippen LogP contribution >= 0.6 is 0 Å². The van der Waals surface area contributed by atoms with E-state index in [-0.39, 0.29) is 11.9 Å². The molecule has 4 nitrogen and oxygen atoms in total. The van der Waals surface area contributed by atoms with Crippen molar-refractivity contribution in [3.05, 3.63) is 23.5 Å². The smallest absolute Gasteiger partial charge is 0.420 e. The summed E-state index contributed by atoms with van der Waals surface area (Å²) in [4.78, 5) is 16.5. The second kappa shape index (κ2) is 4.71. The molecule has 1 aliphatic rings. The van der Waals surface area contributed by atoms with Crippen molar-refractivity contribution in [3.8, 4) is 5.75 Å². The van der Waals surface area contributed by atoms with E-state index in [2.05, 4.69) is 4.98 Å². The quantitative estimate of drug-likeness (QED) is 0.849. The van der Waals surface area contributed by atoms with E-state index in [0.29, 0.717) is 0 Å². The second-order valence-electron chi connectivity index (χ2n) is 4.57. The lowest BCUT2D eigenvalue weighted by Crippen LogP contribution is -2.26. The molecule has 104 valence electrons.